The molecule has 0 aromatic carbocycles. The van der Waals surface area contributed by atoms with Crippen molar-refractivity contribution in [3.63, 3.8) is 0 Å². The summed E-state index contributed by atoms with van der Waals surface area (Å²) < 4.78 is 11.8. The van der Waals surface area contributed by atoms with Gasteiger partial charge in [0.05, 0.1) is 19.3 Å². The van der Waals surface area contributed by atoms with Gasteiger partial charge in [-0.2, -0.15) is 11.8 Å². The Balaban J connectivity index is 1.98. The minimum absolute atomic E-state index is 0.238. The van der Waals surface area contributed by atoms with Gasteiger partial charge in [-0.3, -0.25) is 0 Å². The van der Waals surface area contributed by atoms with Crippen LogP contribution in [0.3, 0.4) is 0 Å². The first-order chi connectivity index (χ1) is 9.56. The van der Waals surface area contributed by atoms with Crippen LogP contribution in [0.2, 0.25) is 0 Å². The molecule has 1 aliphatic heterocycles. The normalized spacial score (nSPS) is 32.4. The molecule has 2 rings (SSSR count). The lowest BCUT2D eigenvalue weighted by molar-refractivity contribution is -0.178. The number of aliphatic hydroxyl groups is 1. The molecule has 5 heteroatoms. The van der Waals surface area contributed by atoms with Gasteiger partial charge in [0.1, 0.15) is 0 Å². The van der Waals surface area contributed by atoms with Crippen LogP contribution in [0.4, 0.5) is 0 Å². The van der Waals surface area contributed by atoms with Crippen molar-refractivity contribution in [3.05, 3.63) is 0 Å². The number of aliphatic hydroxyl groups excluding tert-OH is 1. The molecule has 118 valence electrons. The molecular weight excluding hydrogens is 274 g/mol. The molecule has 4 nitrogen and oxygen atoms in total. The second-order valence-corrected chi connectivity index (χ2v) is 7.65. The molecule has 0 radical (unpaired) electrons. The minimum Gasteiger partial charge on any atom is -0.392 e. The number of ether oxygens (including phenoxy) is 2. The molecule has 0 aromatic rings. The fraction of sp³-hybridized carbons (Fsp3) is 1.00. The summed E-state index contributed by atoms with van der Waals surface area (Å²) in [6, 6.07) is 0.500. The van der Waals surface area contributed by atoms with Crippen molar-refractivity contribution in [2.75, 3.05) is 19.8 Å². The highest BCUT2D eigenvalue weighted by molar-refractivity contribution is 8.00. The molecule has 1 spiro atoms. The zero-order valence-corrected chi connectivity index (χ0v) is 13.7. The van der Waals surface area contributed by atoms with Crippen LogP contribution in [0.1, 0.15) is 46.5 Å². The first-order valence-electron chi connectivity index (χ1n) is 7.91. The Morgan fingerprint density at radius 2 is 2.05 bits per heavy atom. The SMILES string of the molecule is CCCNC1CCC2(CC1SC(C)C(C)O)OCCO2. The topological polar surface area (TPSA) is 50.7 Å². The van der Waals surface area contributed by atoms with Crippen LogP contribution in [0, 0.1) is 0 Å². The zero-order valence-electron chi connectivity index (χ0n) is 12.9. The molecule has 1 heterocycles. The summed E-state index contributed by atoms with van der Waals surface area (Å²) >= 11 is 1.88. The number of thioether (sulfide) groups is 1. The maximum absolute atomic E-state index is 9.77. The first kappa shape index (κ1) is 16.6. The summed E-state index contributed by atoms with van der Waals surface area (Å²) in [7, 11) is 0. The average Bonchev–Trinajstić information content (AvgIpc) is 2.86. The van der Waals surface area contributed by atoms with Crippen LogP contribution < -0.4 is 5.32 Å². The third-order valence-corrected chi connectivity index (χ3v) is 6.00. The van der Waals surface area contributed by atoms with E-state index in [1.165, 1.54) is 0 Å². The monoisotopic (exact) mass is 303 g/mol. The van der Waals surface area contributed by atoms with Crippen LogP contribution in [0.5, 0.6) is 0 Å². The minimum atomic E-state index is -0.347. The summed E-state index contributed by atoms with van der Waals surface area (Å²) in [6.07, 6.45) is 3.86. The maximum atomic E-state index is 9.77. The molecule has 4 unspecified atom stereocenters. The van der Waals surface area contributed by atoms with E-state index in [4.69, 9.17) is 9.47 Å². The lowest BCUT2D eigenvalue weighted by Crippen LogP contribution is -2.50. The Hall–Kier alpha value is 0.190. The second-order valence-electron chi connectivity index (χ2n) is 6.03. The van der Waals surface area contributed by atoms with E-state index in [1.54, 1.807) is 0 Å². The Bertz CT molecular complexity index is 295. The lowest BCUT2D eigenvalue weighted by Gasteiger charge is -2.42. The van der Waals surface area contributed by atoms with Gasteiger partial charge < -0.3 is 19.9 Å². The first-order valence-corrected chi connectivity index (χ1v) is 8.85. The van der Waals surface area contributed by atoms with Crippen LogP contribution in [0.25, 0.3) is 0 Å². The summed E-state index contributed by atoms with van der Waals surface area (Å²) in [4.78, 5) is 0. The van der Waals surface area contributed by atoms with Crippen LogP contribution in [-0.2, 0) is 9.47 Å². The summed E-state index contributed by atoms with van der Waals surface area (Å²) in [5.41, 5.74) is 0. The molecular formula is C15H29NO3S. The Morgan fingerprint density at radius 1 is 1.35 bits per heavy atom. The molecule has 1 saturated heterocycles. The van der Waals surface area contributed by atoms with Gasteiger partial charge in [0.2, 0.25) is 0 Å². The van der Waals surface area contributed by atoms with Gasteiger partial charge in [0.15, 0.2) is 5.79 Å². The van der Waals surface area contributed by atoms with Gasteiger partial charge in [-0.15, -0.1) is 0 Å². The van der Waals surface area contributed by atoms with E-state index in [1.807, 2.05) is 18.7 Å². The highest BCUT2D eigenvalue weighted by atomic mass is 32.2. The van der Waals surface area contributed by atoms with E-state index < -0.39 is 0 Å². The third kappa shape index (κ3) is 4.10. The molecule has 0 bridgehead atoms. The van der Waals surface area contributed by atoms with Crippen molar-refractivity contribution in [3.8, 4) is 0 Å². The van der Waals surface area contributed by atoms with Crippen molar-refractivity contribution in [1.29, 1.82) is 0 Å². The van der Waals surface area contributed by atoms with Crippen molar-refractivity contribution in [2.45, 2.75) is 74.9 Å². The van der Waals surface area contributed by atoms with Crippen LogP contribution >= 0.6 is 11.8 Å². The fourth-order valence-corrected chi connectivity index (χ4v) is 4.52. The average molecular weight is 303 g/mol. The van der Waals surface area contributed by atoms with Gasteiger partial charge in [0, 0.05) is 29.4 Å². The van der Waals surface area contributed by atoms with E-state index >= 15 is 0 Å². The zero-order chi connectivity index (χ0) is 14.6. The van der Waals surface area contributed by atoms with Gasteiger partial charge in [-0.05, 0) is 26.3 Å². The molecule has 0 amide bonds. The molecule has 1 aliphatic carbocycles. The summed E-state index contributed by atoms with van der Waals surface area (Å²) in [5.74, 6) is -0.347. The molecule has 2 N–H and O–H groups in total. The Kier molecular flexibility index (Phi) is 6.17. The molecule has 4 atom stereocenters. The number of rotatable bonds is 6. The Labute approximate surface area is 127 Å². The lowest BCUT2D eigenvalue weighted by atomic mass is 9.89. The van der Waals surface area contributed by atoms with Gasteiger partial charge in [0.25, 0.3) is 0 Å². The van der Waals surface area contributed by atoms with Crippen molar-refractivity contribution in [1.82, 2.24) is 5.32 Å². The highest BCUT2D eigenvalue weighted by Gasteiger charge is 2.45. The van der Waals surface area contributed by atoms with Crippen molar-refractivity contribution >= 4 is 11.8 Å². The smallest absolute Gasteiger partial charge is 0.169 e. The van der Waals surface area contributed by atoms with E-state index in [9.17, 15) is 5.11 Å². The third-order valence-electron chi connectivity index (χ3n) is 4.34. The predicted octanol–water partition coefficient (Wildman–Crippen LogP) is 2.15. The molecule has 0 aromatic heterocycles. The summed E-state index contributed by atoms with van der Waals surface area (Å²) in [5, 5.41) is 14.1. The largest absolute Gasteiger partial charge is 0.392 e. The van der Waals surface area contributed by atoms with E-state index in [0.717, 1.165) is 45.4 Å². The van der Waals surface area contributed by atoms with Gasteiger partial charge >= 0.3 is 0 Å². The second kappa shape index (κ2) is 7.45. The van der Waals surface area contributed by atoms with Crippen molar-refractivity contribution < 1.29 is 14.6 Å². The maximum Gasteiger partial charge on any atom is 0.169 e. The Morgan fingerprint density at radius 3 is 2.65 bits per heavy atom. The van der Waals surface area contributed by atoms with E-state index in [0.29, 0.717) is 11.3 Å². The number of nitrogens with one attached hydrogen (secondary N) is 1. The molecule has 20 heavy (non-hydrogen) atoms. The van der Waals surface area contributed by atoms with Crippen LogP contribution in [-0.4, -0.2) is 53.3 Å². The molecule has 2 aliphatic rings. The quantitative estimate of drug-likeness (QED) is 0.787. The summed E-state index contributed by atoms with van der Waals surface area (Å²) in [6.45, 7) is 8.66. The van der Waals surface area contributed by atoms with Crippen molar-refractivity contribution in [2.24, 2.45) is 0 Å². The highest BCUT2D eigenvalue weighted by Crippen LogP contribution is 2.41. The van der Waals surface area contributed by atoms with E-state index in [2.05, 4.69) is 19.2 Å². The number of hydrogen-bond acceptors (Lipinski definition) is 5. The fourth-order valence-electron chi connectivity index (χ4n) is 2.97. The van der Waals surface area contributed by atoms with Gasteiger partial charge in [-0.1, -0.05) is 13.8 Å². The molecule has 1 saturated carbocycles. The standard InChI is InChI=1S/C15H29NO3S/c1-4-7-16-13-5-6-15(18-8-9-19-15)10-14(13)20-12(3)11(2)17/h11-14,16-17H,4-10H2,1-3H3. The molecule has 2 fully saturated rings. The van der Waals surface area contributed by atoms with Crippen LogP contribution in [0.15, 0.2) is 0 Å². The number of hydrogen-bond donors (Lipinski definition) is 2. The predicted molar refractivity (Wildman–Crippen MR) is 83.1 cm³/mol. The van der Waals surface area contributed by atoms with E-state index in [-0.39, 0.29) is 17.1 Å². The van der Waals surface area contributed by atoms with Gasteiger partial charge in [-0.25, -0.2) is 0 Å².